The van der Waals surface area contributed by atoms with Crippen molar-refractivity contribution in [1.29, 1.82) is 0 Å². The molecule has 0 aromatic carbocycles. The molecule has 1 unspecified atom stereocenters. The van der Waals surface area contributed by atoms with E-state index < -0.39 is 44.3 Å². The van der Waals surface area contributed by atoms with Crippen LogP contribution in [0.4, 0.5) is 4.39 Å². The highest BCUT2D eigenvalue weighted by molar-refractivity contribution is 7.52. The van der Waals surface area contributed by atoms with Crippen molar-refractivity contribution >= 4 is 7.60 Å². The summed E-state index contributed by atoms with van der Waals surface area (Å²) < 4.78 is 31.0. The maximum Gasteiger partial charge on any atom is 0.328 e. The Kier molecular flexibility index (Phi) is 11.5. The van der Waals surface area contributed by atoms with Gasteiger partial charge < -0.3 is 25.3 Å². The van der Waals surface area contributed by atoms with Crippen LogP contribution < -0.4 is 0 Å². The van der Waals surface area contributed by atoms with Crippen molar-refractivity contribution in [2.45, 2.75) is 108 Å². The zero-order chi connectivity index (χ0) is 20.4. The molecule has 1 saturated carbocycles. The van der Waals surface area contributed by atoms with Crippen molar-refractivity contribution in [3.05, 3.63) is 0 Å². The number of hydrogen-bond acceptors (Lipinski definition) is 6. The minimum absolute atomic E-state index is 0.186. The Labute approximate surface area is 161 Å². The molecular formula is C18H36FO7P. The Morgan fingerprint density at radius 1 is 0.778 bits per heavy atom. The van der Waals surface area contributed by atoms with Gasteiger partial charge in [0.1, 0.15) is 30.5 Å². The molecule has 7 atom stereocenters. The van der Waals surface area contributed by atoms with E-state index in [9.17, 15) is 34.3 Å². The molecule has 5 N–H and O–H groups in total. The van der Waals surface area contributed by atoms with E-state index in [2.05, 4.69) is 6.92 Å². The van der Waals surface area contributed by atoms with Gasteiger partial charge in [0, 0.05) is 6.16 Å². The molecule has 1 aliphatic rings. The van der Waals surface area contributed by atoms with Crippen molar-refractivity contribution < 1.29 is 38.8 Å². The Hall–Kier alpha value is -0.0800. The average molecular weight is 414 g/mol. The zero-order valence-corrected chi connectivity index (χ0v) is 17.0. The van der Waals surface area contributed by atoms with E-state index in [4.69, 9.17) is 4.52 Å². The predicted octanol–water partition coefficient (Wildman–Crippen LogP) is 2.27. The van der Waals surface area contributed by atoms with Crippen molar-refractivity contribution in [1.82, 2.24) is 0 Å². The van der Waals surface area contributed by atoms with E-state index in [0.29, 0.717) is 6.42 Å². The number of alkyl halides is 1. The number of aliphatic hydroxyl groups is 4. The summed E-state index contributed by atoms with van der Waals surface area (Å²) in [4.78, 5) is 9.89. The van der Waals surface area contributed by atoms with Gasteiger partial charge in [0.25, 0.3) is 0 Å². The lowest BCUT2D eigenvalue weighted by Crippen LogP contribution is -2.62. The maximum absolute atomic E-state index is 14.0. The first-order valence-corrected chi connectivity index (χ1v) is 11.8. The van der Waals surface area contributed by atoms with Crippen LogP contribution in [-0.4, -0.2) is 68.2 Å². The molecule has 0 spiro atoms. The predicted molar refractivity (Wildman–Crippen MR) is 100 cm³/mol. The summed E-state index contributed by atoms with van der Waals surface area (Å²) in [6.07, 6.45) is -1.41. The van der Waals surface area contributed by atoms with Crippen LogP contribution in [0, 0.1) is 0 Å². The topological polar surface area (TPSA) is 127 Å². The molecule has 0 heterocycles. The Balaban J connectivity index is 2.26. The van der Waals surface area contributed by atoms with E-state index in [1.807, 2.05) is 0 Å². The Bertz CT molecular complexity index is 437. The normalized spacial score (nSPS) is 33.7. The summed E-state index contributed by atoms with van der Waals surface area (Å²) in [6.45, 7) is 2.18. The van der Waals surface area contributed by atoms with Gasteiger partial charge in [-0.1, -0.05) is 64.7 Å². The van der Waals surface area contributed by atoms with Crippen LogP contribution in [0.15, 0.2) is 0 Å². The van der Waals surface area contributed by atoms with Crippen molar-refractivity contribution in [2.24, 2.45) is 0 Å². The number of aliphatic hydroxyl groups excluding tert-OH is 4. The number of unbranched alkanes of at least 4 members (excludes halogenated alkanes) is 9. The molecule has 1 aliphatic carbocycles. The lowest BCUT2D eigenvalue weighted by molar-refractivity contribution is -0.201. The molecule has 0 aliphatic heterocycles. The van der Waals surface area contributed by atoms with Crippen molar-refractivity contribution in [2.75, 3.05) is 6.16 Å². The fraction of sp³-hybridized carbons (Fsp3) is 1.00. The Morgan fingerprint density at radius 2 is 1.22 bits per heavy atom. The third kappa shape index (κ3) is 8.44. The fourth-order valence-electron chi connectivity index (χ4n) is 3.33. The largest absolute Gasteiger partial charge is 0.387 e. The van der Waals surface area contributed by atoms with Gasteiger partial charge in [-0.3, -0.25) is 9.09 Å². The van der Waals surface area contributed by atoms with E-state index in [0.717, 1.165) is 25.7 Å². The smallest absolute Gasteiger partial charge is 0.328 e. The number of hydrogen-bond donors (Lipinski definition) is 5. The van der Waals surface area contributed by atoms with Gasteiger partial charge >= 0.3 is 7.60 Å². The summed E-state index contributed by atoms with van der Waals surface area (Å²) in [5.74, 6) is 0. The molecule has 7 nitrogen and oxygen atoms in total. The number of rotatable bonds is 13. The Morgan fingerprint density at radius 3 is 1.74 bits per heavy atom. The summed E-state index contributed by atoms with van der Waals surface area (Å²) in [5, 5.41) is 38.3. The lowest BCUT2D eigenvalue weighted by Gasteiger charge is -2.40. The van der Waals surface area contributed by atoms with Crippen LogP contribution in [0.3, 0.4) is 0 Å². The molecule has 162 valence electrons. The van der Waals surface area contributed by atoms with E-state index >= 15 is 0 Å². The van der Waals surface area contributed by atoms with Crippen LogP contribution in [0.2, 0.25) is 0 Å². The van der Waals surface area contributed by atoms with E-state index in [-0.39, 0.29) is 6.16 Å². The molecule has 0 radical (unpaired) electrons. The van der Waals surface area contributed by atoms with Crippen LogP contribution in [0.5, 0.6) is 0 Å². The standard InChI is InChI=1S/C18H36FO7P/c1-2-3-4-5-6-7-8-9-10-11-12-27(24,25)26-18-13(19)14(20)15(21)16(22)17(18)23/h13-18,20-23H,2-12H2,1H3,(H,24,25)/t13-,14+,15-,16+,17-,18-/m1/s1. The minimum atomic E-state index is -4.19. The van der Waals surface area contributed by atoms with Crippen LogP contribution >= 0.6 is 7.60 Å². The first-order valence-electron chi connectivity index (χ1n) is 10.1. The fourth-order valence-corrected chi connectivity index (χ4v) is 4.68. The summed E-state index contributed by atoms with van der Waals surface area (Å²) >= 11 is 0. The van der Waals surface area contributed by atoms with Crippen molar-refractivity contribution in [3.8, 4) is 0 Å². The third-order valence-corrected chi connectivity index (χ3v) is 6.56. The van der Waals surface area contributed by atoms with Crippen LogP contribution in [-0.2, 0) is 9.09 Å². The summed E-state index contributed by atoms with van der Waals surface area (Å²) in [6, 6.07) is 0. The van der Waals surface area contributed by atoms with Gasteiger partial charge in [0.15, 0.2) is 6.17 Å². The molecule has 0 amide bonds. The zero-order valence-electron chi connectivity index (χ0n) is 16.1. The molecule has 0 aromatic heterocycles. The van der Waals surface area contributed by atoms with Gasteiger partial charge in [0.05, 0.1) is 0 Å². The molecule has 0 aromatic rings. The lowest BCUT2D eigenvalue weighted by atomic mass is 9.86. The van der Waals surface area contributed by atoms with Crippen LogP contribution in [0.1, 0.15) is 71.1 Å². The molecule has 0 bridgehead atoms. The highest BCUT2D eigenvalue weighted by Gasteiger charge is 2.51. The molecule has 9 heteroatoms. The van der Waals surface area contributed by atoms with E-state index in [1.165, 1.54) is 32.1 Å². The van der Waals surface area contributed by atoms with Gasteiger partial charge in [-0.25, -0.2) is 4.39 Å². The second-order valence-electron chi connectivity index (χ2n) is 7.52. The van der Waals surface area contributed by atoms with E-state index in [1.54, 1.807) is 0 Å². The monoisotopic (exact) mass is 414 g/mol. The molecular weight excluding hydrogens is 378 g/mol. The molecule has 27 heavy (non-hydrogen) atoms. The summed E-state index contributed by atoms with van der Waals surface area (Å²) in [7, 11) is -4.19. The SMILES string of the molecule is CCCCCCCCCCCCP(=O)(O)O[C@H]1[C@H](O)[C@@H](O)[C@H](O)[C@@H](O)[C@H]1F. The highest BCUT2D eigenvalue weighted by atomic mass is 31.2. The van der Waals surface area contributed by atoms with Gasteiger partial charge in [-0.2, -0.15) is 0 Å². The average Bonchev–Trinajstić information content (AvgIpc) is 2.63. The summed E-state index contributed by atoms with van der Waals surface area (Å²) in [5.41, 5.74) is 0. The molecule has 1 rings (SSSR count). The minimum Gasteiger partial charge on any atom is -0.387 e. The van der Waals surface area contributed by atoms with Gasteiger partial charge in [0.2, 0.25) is 0 Å². The van der Waals surface area contributed by atoms with Gasteiger partial charge in [-0.05, 0) is 6.42 Å². The van der Waals surface area contributed by atoms with Crippen LogP contribution in [0.25, 0.3) is 0 Å². The second-order valence-corrected chi connectivity index (χ2v) is 9.45. The van der Waals surface area contributed by atoms with Gasteiger partial charge in [-0.15, -0.1) is 0 Å². The first kappa shape index (κ1) is 25.0. The third-order valence-electron chi connectivity index (χ3n) is 5.11. The van der Waals surface area contributed by atoms with Crippen molar-refractivity contribution in [3.63, 3.8) is 0 Å². The maximum atomic E-state index is 14.0. The quantitative estimate of drug-likeness (QED) is 0.231. The molecule has 1 fully saturated rings. The first-order chi connectivity index (χ1) is 12.7. The second kappa shape index (κ2) is 12.5. The molecule has 0 saturated heterocycles. The highest BCUT2D eigenvalue weighted by Crippen LogP contribution is 2.47. The number of halogens is 1.